The van der Waals surface area contributed by atoms with Crippen molar-refractivity contribution in [1.29, 1.82) is 0 Å². The highest BCUT2D eigenvalue weighted by Crippen LogP contribution is 2.34. The summed E-state index contributed by atoms with van der Waals surface area (Å²) in [7, 11) is 1.67. The highest BCUT2D eigenvalue weighted by atomic mass is 32.1. The Hall–Kier alpha value is -2.42. The average Bonchev–Trinajstić information content (AvgIpc) is 3.18. The molecule has 0 saturated heterocycles. The lowest BCUT2D eigenvalue weighted by Gasteiger charge is -2.16. The molecule has 0 radical (unpaired) electrons. The summed E-state index contributed by atoms with van der Waals surface area (Å²) in [5.74, 6) is 0.741. The summed E-state index contributed by atoms with van der Waals surface area (Å²) in [6.45, 7) is 0.986. The van der Waals surface area contributed by atoms with Crippen molar-refractivity contribution in [3.05, 3.63) is 59.1 Å². The molecular formula is C15H14F3N5S. The Morgan fingerprint density at radius 3 is 2.58 bits per heavy atom. The molecular weight excluding hydrogens is 339 g/mol. The van der Waals surface area contributed by atoms with E-state index in [0.717, 1.165) is 11.4 Å². The maximum absolute atomic E-state index is 12.6. The van der Waals surface area contributed by atoms with Crippen molar-refractivity contribution < 1.29 is 13.2 Å². The third kappa shape index (κ3) is 3.73. The molecule has 0 unspecified atom stereocenters. The highest BCUT2D eigenvalue weighted by Gasteiger charge is 2.36. The zero-order chi connectivity index (χ0) is 17.2. The van der Waals surface area contributed by atoms with Crippen molar-refractivity contribution in [2.24, 2.45) is 0 Å². The lowest BCUT2D eigenvalue weighted by atomic mass is 10.2. The van der Waals surface area contributed by atoms with Gasteiger partial charge in [0.15, 0.2) is 0 Å². The molecule has 0 amide bonds. The van der Waals surface area contributed by atoms with Crippen LogP contribution in [0.4, 0.5) is 18.3 Å². The molecule has 2 aromatic heterocycles. The predicted molar refractivity (Wildman–Crippen MR) is 84.8 cm³/mol. The minimum Gasteiger partial charge on any atom is -0.342 e. The SMILES string of the molecule is CN(Cc1nccn1Cc1ccccc1)c1nnc(C(F)(F)F)s1. The molecule has 2 heterocycles. The van der Waals surface area contributed by atoms with Crippen LogP contribution in [0.1, 0.15) is 16.4 Å². The van der Waals surface area contributed by atoms with Gasteiger partial charge < -0.3 is 9.47 Å². The van der Waals surface area contributed by atoms with Crippen LogP contribution in [-0.4, -0.2) is 26.8 Å². The first-order valence-electron chi connectivity index (χ1n) is 7.09. The number of hydrogen-bond acceptors (Lipinski definition) is 5. The number of rotatable bonds is 5. The summed E-state index contributed by atoms with van der Waals surface area (Å²) in [5.41, 5.74) is 1.12. The van der Waals surface area contributed by atoms with Gasteiger partial charge in [-0.1, -0.05) is 41.7 Å². The van der Waals surface area contributed by atoms with Crippen molar-refractivity contribution in [1.82, 2.24) is 19.7 Å². The van der Waals surface area contributed by atoms with Gasteiger partial charge in [-0.15, -0.1) is 10.2 Å². The highest BCUT2D eigenvalue weighted by molar-refractivity contribution is 7.15. The standard InChI is InChI=1S/C15H14F3N5S/c1-22(14-21-20-13(24-14)15(16,17)18)10-12-19-7-8-23(12)9-11-5-3-2-4-6-11/h2-8H,9-10H2,1H3. The van der Waals surface area contributed by atoms with Crippen molar-refractivity contribution in [3.8, 4) is 0 Å². The van der Waals surface area contributed by atoms with E-state index < -0.39 is 11.2 Å². The predicted octanol–water partition coefficient (Wildman–Crippen LogP) is 3.44. The van der Waals surface area contributed by atoms with E-state index in [1.165, 1.54) is 0 Å². The normalized spacial score (nSPS) is 11.7. The molecule has 0 aliphatic heterocycles. The zero-order valence-corrected chi connectivity index (χ0v) is 13.6. The zero-order valence-electron chi connectivity index (χ0n) is 12.7. The molecule has 0 spiro atoms. The van der Waals surface area contributed by atoms with Crippen LogP contribution in [0, 0.1) is 0 Å². The lowest BCUT2D eigenvalue weighted by molar-refractivity contribution is -0.138. The van der Waals surface area contributed by atoms with Gasteiger partial charge in [-0.2, -0.15) is 13.2 Å². The van der Waals surface area contributed by atoms with Crippen LogP contribution in [-0.2, 0) is 19.3 Å². The molecule has 3 rings (SSSR count). The first-order chi connectivity index (χ1) is 11.4. The number of anilines is 1. The van der Waals surface area contributed by atoms with Crippen LogP contribution in [0.25, 0.3) is 0 Å². The Morgan fingerprint density at radius 2 is 1.92 bits per heavy atom. The Bertz CT molecular complexity index is 797. The van der Waals surface area contributed by atoms with E-state index in [1.54, 1.807) is 18.1 Å². The summed E-state index contributed by atoms with van der Waals surface area (Å²) in [6.07, 6.45) is -0.951. The summed E-state index contributed by atoms with van der Waals surface area (Å²) in [4.78, 5) is 5.90. The maximum Gasteiger partial charge on any atom is 0.445 e. The van der Waals surface area contributed by atoms with Gasteiger partial charge in [-0.3, -0.25) is 0 Å². The molecule has 126 valence electrons. The first-order valence-corrected chi connectivity index (χ1v) is 7.91. The first kappa shape index (κ1) is 16.4. The third-order valence-corrected chi connectivity index (χ3v) is 4.44. The van der Waals surface area contributed by atoms with Crippen molar-refractivity contribution in [2.75, 3.05) is 11.9 Å². The van der Waals surface area contributed by atoms with E-state index in [0.29, 0.717) is 24.4 Å². The number of hydrogen-bond donors (Lipinski definition) is 0. The molecule has 0 N–H and O–H groups in total. The molecule has 3 aromatic rings. The summed E-state index contributed by atoms with van der Waals surface area (Å²) in [5, 5.41) is 6.07. The van der Waals surface area contributed by atoms with Crippen molar-refractivity contribution in [2.45, 2.75) is 19.3 Å². The lowest BCUT2D eigenvalue weighted by Crippen LogP contribution is -2.19. The monoisotopic (exact) mass is 353 g/mol. The van der Waals surface area contributed by atoms with Crippen LogP contribution < -0.4 is 4.90 Å². The molecule has 0 bridgehead atoms. The van der Waals surface area contributed by atoms with E-state index in [9.17, 15) is 13.2 Å². The molecule has 1 aromatic carbocycles. The average molecular weight is 353 g/mol. The molecule has 9 heteroatoms. The number of benzene rings is 1. The Labute approximate surface area is 140 Å². The Morgan fingerprint density at radius 1 is 1.17 bits per heavy atom. The molecule has 0 saturated carbocycles. The number of halogens is 3. The van der Waals surface area contributed by atoms with E-state index in [-0.39, 0.29) is 5.13 Å². The molecule has 0 aliphatic carbocycles. The van der Waals surface area contributed by atoms with E-state index in [1.807, 2.05) is 41.1 Å². The smallest absolute Gasteiger partial charge is 0.342 e. The van der Waals surface area contributed by atoms with Crippen LogP contribution in [0.3, 0.4) is 0 Å². The van der Waals surface area contributed by atoms with Crippen LogP contribution in [0.5, 0.6) is 0 Å². The van der Waals surface area contributed by atoms with Gasteiger partial charge in [0.2, 0.25) is 10.1 Å². The molecule has 0 aliphatic rings. The molecule has 5 nitrogen and oxygen atoms in total. The Balaban J connectivity index is 1.72. The van der Waals surface area contributed by atoms with Gasteiger partial charge in [0.1, 0.15) is 5.82 Å². The minimum absolute atomic E-state index is 0.205. The fourth-order valence-corrected chi connectivity index (χ4v) is 2.85. The molecule has 0 fully saturated rings. The van der Waals surface area contributed by atoms with Crippen LogP contribution in [0.2, 0.25) is 0 Å². The van der Waals surface area contributed by atoms with Gasteiger partial charge in [-0.25, -0.2) is 4.98 Å². The van der Waals surface area contributed by atoms with Gasteiger partial charge in [0.05, 0.1) is 6.54 Å². The maximum atomic E-state index is 12.6. The van der Waals surface area contributed by atoms with E-state index in [2.05, 4.69) is 15.2 Å². The second-order valence-corrected chi connectivity index (χ2v) is 6.16. The van der Waals surface area contributed by atoms with Crippen LogP contribution in [0.15, 0.2) is 42.7 Å². The number of alkyl halides is 3. The van der Waals surface area contributed by atoms with Crippen LogP contribution >= 0.6 is 11.3 Å². The van der Waals surface area contributed by atoms with Crippen molar-refractivity contribution >= 4 is 16.5 Å². The van der Waals surface area contributed by atoms with E-state index >= 15 is 0 Å². The fourth-order valence-electron chi connectivity index (χ4n) is 2.18. The third-order valence-electron chi connectivity index (χ3n) is 3.36. The second-order valence-electron chi connectivity index (χ2n) is 5.20. The summed E-state index contributed by atoms with van der Waals surface area (Å²) in [6, 6.07) is 9.87. The molecule has 24 heavy (non-hydrogen) atoms. The summed E-state index contributed by atoms with van der Waals surface area (Å²) < 4.78 is 39.8. The Kier molecular flexibility index (Phi) is 4.52. The number of imidazole rings is 1. The van der Waals surface area contributed by atoms with Gasteiger partial charge in [-0.05, 0) is 5.56 Å². The number of aromatic nitrogens is 4. The van der Waals surface area contributed by atoms with Gasteiger partial charge in [0.25, 0.3) is 0 Å². The van der Waals surface area contributed by atoms with Gasteiger partial charge in [0, 0.05) is 26.0 Å². The van der Waals surface area contributed by atoms with Gasteiger partial charge >= 0.3 is 6.18 Å². The van der Waals surface area contributed by atoms with Crippen molar-refractivity contribution in [3.63, 3.8) is 0 Å². The molecule has 0 atom stereocenters. The number of nitrogens with zero attached hydrogens (tertiary/aromatic N) is 5. The second kappa shape index (κ2) is 6.60. The van der Waals surface area contributed by atoms with E-state index in [4.69, 9.17) is 0 Å². The quantitative estimate of drug-likeness (QED) is 0.705. The topological polar surface area (TPSA) is 46.8 Å². The summed E-state index contributed by atoms with van der Waals surface area (Å²) >= 11 is 0.521. The minimum atomic E-state index is -4.47. The largest absolute Gasteiger partial charge is 0.445 e. The fraction of sp³-hybridized carbons (Fsp3) is 0.267.